The first-order valence-electron chi connectivity index (χ1n) is 8.88. The summed E-state index contributed by atoms with van der Waals surface area (Å²) in [6.45, 7) is 4.15. The van der Waals surface area contributed by atoms with E-state index in [1.165, 1.54) is 23.1 Å². The van der Waals surface area contributed by atoms with Crippen LogP contribution >= 0.6 is 23.1 Å². The molecule has 1 amide bonds. The maximum Gasteiger partial charge on any atom is 0.277 e. The van der Waals surface area contributed by atoms with Crippen LogP contribution in [0.5, 0.6) is 5.75 Å². The average Bonchev–Trinajstić information content (AvgIpc) is 3.32. The van der Waals surface area contributed by atoms with E-state index in [9.17, 15) is 4.79 Å². The Bertz CT molecular complexity index is 1100. The second-order valence-electron chi connectivity index (χ2n) is 6.29. The minimum atomic E-state index is -0.180. The largest absolute Gasteiger partial charge is 0.483 e. The lowest BCUT2D eigenvalue weighted by atomic mass is 10.1. The van der Waals surface area contributed by atoms with E-state index >= 15 is 0 Å². The molecule has 2 aromatic carbocycles. The summed E-state index contributed by atoms with van der Waals surface area (Å²) >= 11 is 2.61. The van der Waals surface area contributed by atoms with Crippen molar-refractivity contribution < 1.29 is 13.9 Å². The number of amides is 1. The molecule has 0 aliphatic rings. The molecule has 0 saturated heterocycles. The highest BCUT2D eigenvalue weighted by Crippen LogP contribution is 2.26. The molecule has 2 heterocycles. The summed E-state index contributed by atoms with van der Waals surface area (Å²) in [7, 11) is 0. The number of thioether (sulfide) groups is 1. The van der Waals surface area contributed by atoms with E-state index in [1.807, 2.05) is 56.3 Å². The standard InChI is InChI=1S/C20H18N4O3S2/c1-12-6-5-7-13(2)18(12)26-10-17-23-24-20(27-17)28-11-16(25)22-19-21-14-8-3-4-9-15(14)29-19/h3-9H,10-11H2,1-2H3,(H,21,22,25). The van der Waals surface area contributed by atoms with Crippen LogP contribution in [0.3, 0.4) is 0 Å². The molecular weight excluding hydrogens is 408 g/mol. The third kappa shape index (κ3) is 4.75. The molecule has 0 aliphatic heterocycles. The Kier molecular flexibility index (Phi) is 5.77. The van der Waals surface area contributed by atoms with E-state index in [0.717, 1.165) is 27.1 Å². The van der Waals surface area contributed by atoms with Crippen molar-refractivity contribution in [1.29, 1.82) is 0 Å². The van der Waals surface area contributed by atoms with E-state index in [1.54, 1.807) is 0 Å². The molecule has 2 aromatic heterocycles. The first-order valence-corrected chi connectivity index (χ1v) is 10.7. The number of anilines is 1. The highest BCUT2D eigenvalue weighted by molar-refractivity contribution is 7.99. The smallest absolute Gasteiger partial charge is 0.277 e. The third-order valence-electron chi connectivity index (χ3n) is 4.06. The number of ether oxygens (including phenoxy) is 1. The Morgan fingerprint density at radius 3 is 2.72 bits per heavy atom. The number of thiazole rings is 1. The SMILES string of the molecule is Cc1cccc(C)c1OCc1nnc(SCC(=O)Nc2nc3ccccc3s2)o1. The fraction of sp³-hybridized carbons (Fsp3) is 0.200. The van der Waals surface area contributed by atoms with Gasteiger partial charge in [0.2, 0.25) is 5.91 Å². The molecular formula is C20H18N4O3S2. The Morgan fingerprint density at radius 2 is 1.93 bits per heavy atom. The zero-order chi connectivity index (χ0) is 20.2. The zero-order valence-corrected chi connectivity index (χ0v) is 17.5. The molecule has 148 valence electrons. The van der Waals surface area contributed by atoms with Crippen LogP contribution in [0.15, 0.2) is 52.1 Å². The van der Waals surface area contributed by atoms with Crippen LogP contribution in [0.1, 0.15) is 17.0 Å². The van der Waals surface area contributed by atoms with Gasteiger partial charge in [0.05, 0.1) is 16.0 Å². The maximum absolute atomic E-state index is 12.2. The van der Waals surface area contributed by atoms with Crippen LogP contribution in [0, 0.1) is 13.8 Å². The minimum absolute atomic E-state index is 0.148. The maximum atomic E-state index is 12.2. The van der Waals surface area contributed by atoms with Crippen LogP contribution < -0.4 is 10.1 Å². The van der Waals surface area contributed by atoms with E-state index in [0.29, 0.717) is 16.2 Å². The van der Waals surface area contributed by atoms with Gasteiger partial charge >= 0.3 is 0 Å². The number of nitrogens with one attached hydrogen (secondary N) is 1. The van der Waals surface area contributed by atoms with Crippen LogP contribution in [0.2, 0.25) is 0 Å². The Morgan fingerprint density at radius 1 is 1.14 bits per heavy atom. The van der Waals surface area contributed by atoms with Crippen molar-refractivity contribution >= 4 is 44.4 Å². The molecule has 29 heavy (non-hydrogen) atoms. The van der Waals surface area contributed by atoms with Gasteiger partial charge in [0, 0.05) is 0 Å². The first kappa shape index (κ1) is 19.4. The van der Waals surface area contributed by atoms with Crippen molar-refractivity contribution in [2.24, 2.45) is 0 Å². The summed E-state index contributed by atoms with van der Waals surface area (Å²) in [6.07, 6.45) is 0. The molecule has 4 rings (SSSR count). The number of aromatic nitrogens is 3. The van der Waals surface area contributed by atoms with E-state index in [4.69, 9.17) is 9.15 Å². The lowest BCUT2D eigenvalue weighted by molar-refractivity contribution is -0.113. The molecule has 0 bridgehead atoms. The number of carbonyl (C=O) groups is 1. The van der Waals surface area contributed by atoms with Crippen molar-refractivity contribution in [3.63, 3.8) is 0 Å². The third-order valence-corrected chi connectivity index (χ3v) is 5.83. The Hall–Kier alpha value is -2.91. The molecule has 0 aliphatic carbocycles. The van der Waals surface area contributed by atoms with Gasteiger partial charge in [-0.05, 0) is 37.1 Å². The molecule has 0 saturated carbocycles. The van der Waals surface area contributed by atoms with Gasteiger partial charge in [-0.25, -0.2) is 4.98 Å². The molecule has 1 N–H and O–H groups in total. The number of fused-ring (bicyclic) bond motifs is 1. The van der Waals surface area contributed by atoms with Gasteiger partial charge in [0.15, 0.2) is 11.7 Å². The summed E-state index contributed by atoms with van der Waals surface area (Å²) in [5.41, 5.74) is 2.96. The summed E-state index contributed by atoms with van der Waals surface area (Å²) in [4.78, 5) is 16.6. The van der Waals surface area contributed by atoms with Crippen molar-refractivity contribution in [2.45, 2.75) is 25.7 Å². The minimum Gasteiger partial charge on any atom is -0.483 e. The molecule has 0 spiro atoms. The van der Waals surface area contributed by atoms with Gasteiger partial charge in [0.25, 0.3) is 11.1 Å². The zero-order valence-electron chi connectivity index (χ0n) is 15.8. The molecule has 0 atom stereocenters. The van der Waals surface area contributed by atoms with Crippen LogP contribution in [-0.2, 0) is 11.4 Å². The molecule has 9 heteroatoms. The van der Waals surface area contributed by atoms with Crippen molar-refractivity contribution in [3.8, 4) is 5.75 Å². The lowest BCUT2D eigenvalue weighted by Gasteiger charge is -2.09. The van der Waals surface area contributed by atoms with Crippen LogP contribution in [-0.4, -0.2) is 26.8 Å². The molecule has 0 unspecified atom stereocenters. The topological polar surface area (TPSA) is 90.1 Å². The number of hydrogen-bond donors (Lipinski definition) is 1. The number of para-hydroxylation sites is 2. The Balaban J connectivity index is 1.29. The molecule has 0 radical (unpaired) electrons. The number of rotatable bonds is 7. The van der Waals surface area contributed by atoms with Gasteiger partial charge in [0.1, 0.15) is 5.75 Å². The van der Waals surface area contributed by atoms with Crippen molar-refractivity contribution in [2.75, 3.05) is 11.1 Å². The molecule has 7 nitrogen and oxygen atoms in total. The van der Waals surface area contributed by atoms with Gasteiger partial charge in [-0.1, -0.05) is 53.4 Å². The molecule has 0 fully saturated rings. The fourth-order valence-corrected chi connectivity index (χ4v) is 4.19. The summed E-state index contributed by atoms with van der Waals surface area (Å²) < 4.78 is 12.4. The number of carbonyl (C=O) groups excluding carboxylic acids is 1. The molecule has 4 aromatic rings. The van der Waals surface area contributed by atoms with E-state index in [-0.39, 0.29) is 18.3 Å². The first-order chi connectivity index (χ1) is 14.1. The number of hydrogen-bond acceptors (Lipinski definition) is 8. The normalized spacial score (nSPS) is 11.0. The summed E-state index contributed by atoms with van der Waals surface area (Å²) in [6, 6.07) is 13.7. The Labute approximate surface area is 175 Å². The van der Waals surface area contributed by atoms with E-state index < -0.39 is 0 Å². The second-order valence-corrected chi connectivity index (χ2v) is 8.25. The fourth-order valence-electron chi connectivity index (χ4n) is 2.72. The average molecular weight is 427 g/mol. The number of aryl methyl sites for hydroxylation is 2. The highest BCUT2D eigenvalue weighted by Gasteiger charge is 2.13. The quantitative estimate of drug-likeness (QED) is 0.432. The number of benzene rings is 2. The van der Waals surface area contributed by atoms with Gasteiger partial charge in [-0.2, -0.15) is 0 Å². The van der Waals surface area contributed by atoms with E-state index in [2.05, 4.69) is 20.5 Å². The second kappa shape index (κ2) is 8.62. The summed E-state index contributed by atoms with van der Waals surface area (Å²) in [5, 5.41) is 11.6. The van der Waals surface area contributed by atoms with Gasteiger partial charge in [-0.15, -0.1) is 10.2 Å². The predicted molar refractivity (Wildman–Crippen MR) is 114 cm³/mol. The monoisotopic (exact) mass is 426 g/mol. The van der Waals surface area contributed by atoms with Crippen molar-refractivity contribution in [1.82, 2.24) is 15.2 Å². The summed E-state index contributed by atoms with van der Waals surface area (Å²) in [5.74, 6) is 1.15. The van der Waals surface area contributed by atoms with Crippen LogP contribution in [0.25, 0.3) is 10.2 Å². The van der Waals surface area contributed by atoms with Crippen molar-refractivity contribution in [3.05, 3.63) is 59.5 Å². The predicted octanol–water partition coefficient (Wildman–Crippen LogP) is 4.61. The lowest BCUT2D eigenvalue weighted by Crippen LogP contribution is -2.13. The highest BCUT2D eigenvalue weighted by atomic mass is 32.2. The number of nitrogens with zero attached hydrogens (tertiary/aromatic N) is 3. The van der Waals surface area contributed by atoms with Gasteiger partial charge < -0.3 is 14.5 Å². The van der Waals surface area contributed by atoms with Gasteiger partial charge in [-0.3, -0.25) is 4.79 Å². The van der Waals surface area contributed by atoms with Crippen LogP contribution in [0.4, 0.5) is 5.13 Å².